The Hall–Kier alpha value is -1.17. The molecule has 5 heteroatoms. The van der Waals surface area contributed by atoms with Crippen LogP contribution in [0.25, 0.3) is 0 Å². The van der Waals surface area contributed by atoms with Crippen molar-refractivity contribution in [1.82, 2.24) is 4.31 Å². The monoisotopic (exact) mass is 267 g/mol. The lowest BCUT2D eigenvalue weighted by Crippen LogP contribution is -2.15. The van der Waals surface area contributed by atoms with Gasteiger partial charge in [0.1, 0.15) is 0 Å². The molecule has 18 heavy (non-hydrogen) atoms. The predicted molar refractivity (Wildman–Crippen MR) is 69.7 cm³/mol. The van der Waals surface area contributed by atoms with Gasteiger partial charge in [-0.15, -0.1) is 0 Å². The normalized spacial score (nSPS) is 27.6. The van der Waals surface area contributed by atoms with Crippen LogP contribution >= 0.6 is 0 Å². The first kappa shape index (κ1) is 13.3. The molecular formula is C13H17NO3S. The second-order valence-corrected chi connectivity index (χ2v) is 6.33. The number of nitrogens with zero attached hydrogens (tertiary/aromatic N) is 1. The largest absolute Gasteiger partial charge is 0.392 e. The first-order valence-corrected chi connectivity index (χ1v) is 7.30. The number of sulfonamides is 1. The van der Waals surface area contributed by atoms with Crippen LogP contribution in [0.3, 0.4) is 0 Å². The number of hydrogen-bond acceptors (Lipinski definition) is 3. The third-order valence-corrected chi connectivity index (χ3v) is 5.13. The molecular weight excluding hydrogens is 250 g/mol. The SMILES string of the molecule is Cc1ccc(S(=O)(=O)N2[C@@H](C)[C@@H]2/C=C/CO)cc1. The summed E-state index contributed by atoms with van der Waals surface area (Å²) < 4.78 is 26.1. The molecule has 1 fully saturated rings. The highest BCUT2D eigenvalue weighted by Gasteiger charge is 2.50. The molecule has 1 aromatic rings. The molecule has 1 heterocycles. The van der Waals surface area contributed by atoms with Gasteiger partial charge in [0, 0.05) is 6.04 Å². The fourth-order valence-corrected chi connectivity index (χ4v) is 3.80. The van der Waals surface area contributed by atoms with Crippen molar-refractivity contribution >= 4 is 10.0 Å². The number of aliphatic hydroxyl groups excluding tert-OH is 1. The van der Waals surface area contributed by atoms with Crippen molar-refractivity contribution < 1.29 is 13.5 Å². The van der Waals surface area contributed by atoms with Gasteiger partial charge in [-0.05, 0) is 26.0 Å². The molecule has 3 atom stereocenters. The lowest BCUT2D eigenvalue weighted by atomic mass is 10.2. The Kier molecular flexibility index (Phi) is 3.56. The summed E-state index contributed by atoms with van der Waals surface area (Å²) in [7, 11) is -3.41. The number of hydrogen-bond donors (Lipinski definition) is 1. The quantitative estimate of drug-likeness (QED) is 0.661. The summed E-state index contributed by atoms with van der Waals surface area (Å²) in [6, 6.07) is 6.66. The average molecular weight is 267 g/mol. The number of rotatable bonds is 4. The van der Waals surface area contributed by atoms with Gasteiger partial charge in [-0.1, -0.05) is 29.8 Å². The number of aliphatic hydroxyl groups is 1. The predicted octanol–water partition coefficient (Wildman–Crippen LogP) is 1.30. The van der Waals surface area contributed by atoms with E-state index in [2.05, 4.69) is 0 Å². The third-order valence-electron chi connectivity index (χ3n) is 3.13. The Balaban J connectivity index is 2.23. The molecule has 0 aliphatic carbocycles. The van der Waals surface area contributed by atoms with Gasteiger partial charge in [0.25, 0.3) is 0 Å². The molecule has 0 spiro atoms. The minimum absolute atomic E-state index is 0.0425. The molecule has 1 N–H and O–H groups in total. The Morgan fingerprint density at radius 3 is 2.50 bits per heavy atom. The van der Waals surface area contributed by atoms with Crippen molar-refractivity contribution in [3.63, 3.8) is 0 Å². The van der Waals surface area contributed by atoms with E-state index in [9.17, 15) is 8.42 Å². The van der Waals surface area contributed by atoms with Crippen LogP contribution in [0.1, 0.15) is 12.5 Å². The van der Waals surface area contributed by atoms with E-state index in [0.717, 1.165) is 5.56 Å². The molecule has 0 amide bonds. The summed E-state index contributed by atoms with van der Waals surface area (Å²) in [4.78, 5) is 0.319. The molecule has 0 bridgehead atoms. The fourth-order valence-electron chi connectivity index (χ4n) is 2.00. The molecule has 0 saturated carbocycles. The molecule has 4 nitrogen and oxygen atoms in total. The highest BCUT2D eigenvalue weighted by atomic mass is 32.2. The maximum atomic E-state index is 12.3. The van der Waals surface area contributed by atoms with Gasteiger partial charge in [0.15, 0.2) is 0 Å². The van der Waals surface area contributed by atoms with Crippen molar-refractivity contribution in [2.75, 3.05) is 6.61 Å². The van der Waals surface area contributed by atoms with E-state index in [4.69, 9.17) is 5.11 Å². The van der Waals surface area contributed by atoms with E-state index >= 15 is 0 Å². The van der Waals surface area contributed by atoms with Crippen LogP contribution in [-0.4, -0.2) is 36.5 Å². The Morgan fingerprint density at radius 2 is 1.94 bits per heavy atom. The third kappa shape index (κ3) is 2.34. The van der Waals surface area contributed by atoms with Crippen molar-refractivity contribution in [3.8, 4) is 0 Å². The van der Waals surface area contributed by atoms with Crippen LogP contribution in [0.2, 0.25) is 0 Å². The van der Waals surface area contributed by atoms with Gasteiger partial charge >= 0.3 is 0 Å². The topological polar surface area (TPSA) is 57.4 Å². The zero-order valence-corrected chi connectivity index (χ0v) is 11.3. The highest BCUT2D eigenvalue weighted by Crippen LogP contribution is 2.36. The summed E-state index contributed by atoms with van der Waals surface area (Å²) in [6.07, 6.45) is 3.31. The molecule has 1 saturated heterocycles. The second kappa shape index (κ2) is 4.84. The zero-order chi connectivity index (χ0) is 13.3. The Morgan fingerprint density at radius 1 is 1.33 bits per heavy atom. The minimum atomic E-state index is -3.41. The van der Waals surface area contributed by atoms with Crippen molar-refractivity contribution in [3.05, 3.63) is 42.0 Å². The van der Waals surface area contributed by atoms with Gasteiger partial charge in [0.2, 0.25) is 10.0 Å². The minimum Gasteiger partial charge on any atom is -0.392 e. The van der Waals surface area contributed by atoms with E-state index in [1.165, 1.54) is 4.31 Å². The summed E-state index contributed by atoms with van der Waals surface area (Å²) in [5, 5.41) is 8.71. The lowest BCUT2D eigenvalue weighted by Gasteiger charge is -2.05. The Labute approximate surface area is 108 Å². The highest BCUT2D eigenvalue weighted by molar-refractivity contribution is 7.89. The van der Waals surface area contributed by atoms with Crippen molar-refractivity contribution in [2.24, 2.45) is 0 Å². The van der Waals surface area contributed by atoms with Crippen LogP contribution in [-0.2, 0) is 10.0 Å². The van der Waals surface area contributed by atoms with Crippen LogP contribution in [0.5, 0.6) is 0 Å². The molecule has 1 aliphatic rings. The van der Waals surface area contributed by atoms with Crippen LogP contribution < -0.4 is 0 Å². The smallest absolute Gasteiger partial charge is 0.243 e. The van der Waals surface area contributed by atoms with Crippen molar-refractivity contribution in [2.45, 2.75) is 30.8 Å². The summed E-state index contributed by atoms with van der Waals surface area (Å²) in [5.74, 6) is 0. The average Bonchev–Trinajstić information content (AvgIpc) is 2.98. The maximum absolute atomic E-state index is 12.3. The van der Waals surface area contributed by atoms with Gasteiger partial charge in [-0.2, -0.15) is 4.31 Å². The second-order valence-electron chi connectivity index (χ2n) is 4.49. The molecule has 1 aliphatic heterocycles. The van der Waals surface area contributed by atoms with Crippen LogP contribution in [0.15, 0.2) is 41.3 Å². The molecule has 0 radical (unpaired) electrons. The van der Waals surface area contributed by atoms with Crippen LogP contribution in [0.4, 0.5) is 0 Å². The van der Waals surface area contributed by atoms with Crippen LogP contribution in [0, 0.1) is 6.92 Å². The summed E-state index contributed by atoms with van der Waals surface area (Å²) in [5.41, 5.74) is 1.03. The summed E-state index contributed by atoms with van der Waals surface area (Å²) in [6.45, 7) is 3.71. The standard InChI is InChI=1S/C13H17NO3S/c1-10-5-7-12(8-6-10)18(16,17)14-11(2)13(14)4-3-9-15/h3-8,11,13,15H,9H2,1-2H3/b4-3+/t11-,13-,14?/m0/s1. The molecule has 1 aromatic carbocycles. The van der Waals surface area contributed by atoms with Crippen molar-refractivity contribution in [1.29, 1.82) is 0 Å². The summed E-state index contributed by atoms with van der Waals surface area (Å²) >= 11 is 0. The van der Waals surface area contributed by atoms with E-state index in [1.807, 2.05) is 13.8 Å². The first-order valence-electron chi connectivity index (χ1n) is 5.86. The fraction of sp³-hybridized carbons (Fsp3) is 0.385. The number of benzene rings is 1. The van der Waals surface area contributed by atoms with E-state index in [-0.39, 0.29) is 18.7 Å². The Bertz CT molecular complexity index is 548. The van der Waals surface area contributed by atoms with E-state index in [0.29, 0.717) is 4.90 Å². The lowest BCUT2D eigenvalue weighted by molar-refractivity contribution is 0.342. The molecule has 1 unspecified atom stereocenters. The molecule has 2 rings (SSSR count). The van der Waals surface area contributed by atoms with E-state index < -0.39 is 10.0 Å². The van der Waals surface area contributed by atoms with Gasteiger partial charge in [-0.25, -0.2) is 8.42 Å². The molecule has 98 valence electrons. The van der Waals surface area contributed by atoms with Gasteiger partial charge < -0.3 is 5.11 Å². The van der Waals surface area contributed by atoms with Gasteiger partial charge in [0.05, 0.1) is 17.5 Å². The van der Waals surface area contributed by atoms with E-state index in [1.54, 1.807) is 36.4 Å². The first-order chi connectivity index (χ1) is 8.48. The maximum Gasteiger partial charge on any atom is 0.243 e. The zero-order valence-electron chi connectivity index (χ0n) is 10.4. The molecule has 0 aromatic heterocycles. The van der Waals surface area contributed by atoms with Gasteiger partial charge in [-0.3, -0.25) is 0 Å². The number of aryl methyl sites for hydroxylation is 1.